The highest BCUT2D eigenvalue weighted by Crippen LogP contribution is 2.28. The van der Waals surface area contributed by atoms with Crippen molar-refractivity contribution in [3.63, 3.8) is 0 Å². The molecule has 0 heterocycles. The van der Waals surface area contributed by atoms with Crippen LogP contribution in [0.2, 0.25) is 0 Å². The average molecular weight is 426 g/mol. The Hall–Kier alpha value is -3.94. The van der Waals surface area contributed by atoms with Gasteiger partial charge in [0.25, 0.3) is 5.91 Å². The molecular formula is C23H20F2N2O4. The smallest absolute Gasteiger partial charge is 0.265 e. The van der Waals surface area contributed by atoms with Gasteiger partial charge in [0, 0.05) is 5.56 Å². The number of anilines is 1. The first kappa shape index (κ1) is 21.8. The number of ether oxygens (including phenoxy) is 2. The number of para-hydroxylation sites is 1. The molecule has 3 aromatic rings. The van der Waals surface area contributed by atoms with Crippen molar-refractivity contribution < 1.29 is 27.9 Å². The molecule has 0 radical (unpaired) electrons. The zero-order valence-electron chi connectivity index (χ0n) is 16.7. The third-order valence-corrected chi connectivity index (χ3v) is 4.12. The number of nitrogens with zero attached hydrogens (tertiary/aromatic N) is 1. The molecule has 0 aromatic heterocycles. The predicted molar refractivity (Wildman–Crippen MR) is 112 cm³/mol. The molecule has 0 aliphatic rings. The summed E-state index contributed by atoms with van der Waals surface area (Å²) in [4.78, 5) is 16.7. The van der Waals surface area contributed by atoms with Crippen LogP contribution >= 0.6 is 0 Å². The topological polar surface area (TPSA) is 69.2 Å². The molecule has 0 fully saturated rings. The number of rotatable bonds is 9. The maximum atomic E-state index is 13.5. The predicted octanol–water partition coefficient (Wildman–Crippen LogP) is 4.54. The van der Waals surface area contributed by atoms with E-state index in [4.69, 9.17) is 14.3 Å². The van der Waals surface area contributed by atoms with E-state index >= 15 is 0 Å². The number of hydrogen-bond donors (Lipinski definition) is 1. The molecule has 3 rings (SSSR count). The highest BCUT2D eigenvalue weighted by molar-refractivity contribution is 5.92. The van der Waals surface area contributed by atoms with Crippen LogP contribution in [0.25, 0.3) is 0 Å². The van der Waals surface area contributed by atoms with E-state index in [9.17, 15) is 13.6 Å². The molecule has 3 aromatic carbocycles. The van der Waals surface area contributed by atoms with Crippen LogP contribution in [0.15, 0.2) is 71.9 Å². The monoisotopic (exact) mass is 426 g/mol. The number of carbonyl (C=O) groups excluding carboxylic acids is 1. The summed E-state index contributed by atoms with van der Waals surface area (Å²) in [7, 11) is 1.52. The van der Waals surface area contributed by atoms with Crippen LogP contribution in [0.1, 0.15) is 11.1 Å². The van der Waals surface area contributed by atoms with Crippen LogP contribution in [0.4, 0.5) is 14.5 Å². The fourth-order valence-electron chi connectivity index (χ4n) is 2.61. The third kappa shape index (κ3) is 6.27. The van der Waals surface area contributed by atoms with E-state index in [-0.39, 0.29) is 0 Å². The second-order valence-electron chi connectivity index (χ2n) is 6.34. The molecule has 8 heteroatoms. The summed E-state index contributed by atoms with van der Waals surface area (Å²) in [6.07, 6.45) is 1.38. The molecule has 160 valence electrons. The number of carbonyl (C=O) groups is 1. The van der Waals surface area contributed by atoms with Crippen LogP contribution < -0.4 is 14.8 Å². The highest BCUT2D eigenvalue weighted by atomic mass is 19.1. The van der Waals surface area contributed by atoms with E-state index in [0.717, 1.165) is 17.7 Å². The zero-order valence-corrected chi connectivity index (χ0v) is 16.7. The van der Waals surface area contributed by atoms with Crippen LogP contribution in [0.5, 0.6) is 11.5 Å². The largest absolute Gasteiger partial charge is 0.493 e. The quantitative estimate of drug-likeness (QED) is 0.403. The summed E-state index contributed by atoms with van der Waals surface area (Å²) >= 11 is 0. The molecule has 0 unspecified atom stereocenters. The standard InChI is InChI=1S/C23H20F2N2O4/c1-29-21-12-17(10-11-20(21)30-14-16-6-3-2-4-7-16)13-26-31-15-22(28)27-23-18(24)8-5-9-19(23)25/h2-13H,14-15H2,1H3,(H,27,28)/b26-13+. The van der Waals surface area contributed by atoms with Crippen LogP contribution in [-0.2, 0) is 16.2 Å². The van der Waals surface area contributed by atoms with E-state index in [1.54, 1.807) is 18.2 Å². The molecule has 0 atom stereocenters. The van der Waals surface area contributed by atoms with E-state index < -0.39 is 29.8 Å². The maximum absolute atomic E-state index is 13.5. The Kier molecular flexibility index (Phi) is 7.53. The van der Waals surface area contributed by atoms with Gasteiger partial charge >= 0.3 is 0 Å². The van der Waals surface area contributed by atoms with E-state index in [1.807, 2.05) is 30.3 Å². The normalized spacial score (nSPS) is 10.7. The van der Waals surface area contributed by atoms with Crippen molar-refractivity contribution in [3.05, 3.63) is 89.5 Å². The fraction of sp³-hybridized carbons (Fsp3) is 0.130. The van der Waals surface area contributed by atoms with Gasteiger partial charge in [0.05, 0.1) is 13.3 Å². The van der Waals surface area contributed by atoms with Gasteiger partial charge < -0.3 is 19.6 Å². The second kappa shape index (κ2) is 10.7. The van der Waals surface area contributed by atoms with Gasteiger partial charge in [0.1, 0.15) is 23.9 Å². The van der Waals surface area contributed by atoms with Crippen LogP contribution in [0.3, 0.4) is 0 Å². The first-order valence-electron chi connectivity index (χ1n) is 9.31. The summed E-state index contributed by atoms with van der Waals surface area (Å²) in [6.45, 7) is -0.120. The molecule has 0 spiro atoms. The van der Waals surface area contributed by atoms with Crippen molar-refractivity contribution in [2.75, 3.05) is 19.0 Å². The van der Waals surface area contributed by atoms with E-state index in [1.165, 1.54) is 19.4 Å². The lowest BCUT2D eigenvalue weighted by Gasteiger charge is -2.11. The molecule has 0 saturated heterocycles. The van der Waals surface area contributed by atoms with Crippen molar-refractivity contribution in [3.8, 4) is 11.5 Å². The molecule has 0 saturated carbocycles. The molecule has 31 heavy (non-hydrogen) atoms. The number of halogens is 2. The summed E-state index contributed by atoms with van der Waals surface area (Å²) < 4.78 is 38.2. The Labute approximate surface area is 178 Å². The third-order valence-electron chi connectivity index (χ3n) is 4.12. The highest BCUT2D eigenvalue weighted by Gasteiger charge is 2.12. The summed E-state index contributed by atoms with van der Waals surface area (Å²) in [5.74, 6) is -1.43. The molecule has 1 amide bonds. The summed E-state index contributed by atoms with van der Waals surface area (Å²) in [6, 6.07) is 18.2. The number of hydrogen-bond acceptors (Lipinski definition) is 5. The minimum Gasteiger partial charge on any atom is -0.493 e. The van der Waals surface area contributed by atoms with Crippen molar-refractivity contribution >= 4 is 17.8 Å². The summed E-state index contributed by atoms with van der Waals surface area (Å²) in [5.41, 5.74) is 1.14. The van der Waals surface area contributed by atoms with Gasteiger partial charge in [-0.05, 0) is 35.9 Å². The molecule has 0 bridgehead atoms. The number of nitrogens with one attached hydrogen (secondary N) is 1. The van der Waals surface area contributed by atoms with Crippen LogP contribution in [0, 0.1) is 11.6 Å². The number of benzene rings is 3. The second-order valence-corrected chi connectivity index (χ2v) is 6.34. The minimum absolute atomic E-state index is 0.394. The SMILES string of the molecule is COc1cc(/C=N/OCC(=O)Nc2c(F)cccc2F)ccc1OCc1ccccc1. The van der Waals surface area contributed by atoms with Crippen LogP contribution in [-0.4, -0.2) is 25.8 Å². The van der Waals surface area contributed by atoms with Gasteiger partial charge in [0.15, 0.2) is 18.1 Å². The lowest BCUT2D eigenvalue weighted by molar-refractivity contribution is -0.120. The Balaban J connectivity index is 1.52. The summed E-state index contributed by atoms with van der Waals surface area (Å²) in [5, 5.41) is 5.80. The Morgan fingerprint density at radius 1 is 1.00 bits per heavy atom. The first-order valence-corrected chi connectivity index (χ1v) is 9.31. The fourth-order valence-corrected chi connectivity index (χ4v) is 2.61. The van der Waals surface area contributed by atoms with E-state index in [0.29, 0.717) is 23.7 Å². The Bertz CT molecular complexity index is 1040. The number of amides is 1. The molecular weight excluding hydrogens is 406 g/mol. The Morgan fingerprint density at radius 2 is 1.74 bits per heavy atom. The molecule has 1 N–H and O–H groups in total. The zero-order chi connectivity index (χ0) is 22.1. The molecule has 0 aliphatic carbocycles. The lowest BCUT2D eigenvalue weighted by atomic mass is 10.2. The lowest BCUT2D eigenvalue weighted by Crippen LogP contribution is -2.18. The van der Waals surface area contributed by atoms with Gasteiger partial charge in [-0.25, -0.2) is 8.78 Å². The van der Waals surface area contributed by atoms with Gasteiger partial charge in [-0.3, -0.25) is 4.79 Å². The number of methoxy groups -OCH3 is 1. The van der Waals surface area contributed by atoms with Crippen molar-refractivity contribution in [1.82, 2.24) is 0 Å². The maximum Gasteiger partial charge on any atom is 0.265 e. The van der Waals surface area contributed by atoms with Crippen molar-refractivity contribution in [2.45, 2.75) is 6.61 Å². The minimum atomic E-state index is -0.876. The molecule has 6 nitrogen and oxygen atoms in total. The first-order chi connectivity index (χ1) is 15.1. The van der Waals surface area contributed by atoms with Gasteiger partial charge in [0.2, 0.25) is 0 Å². The van der Waals surface area contributed by atoms with Crippen molar-refractivity contribution in [2.24, 2.45) is 5.16 Å². The molecule has 0 aliphatic heterocycles. The average Bonchev–Trinajstić information content (AvgIpc) is 2.79. The van der Waals surface area contributed by atoms with Crippen molar-refractivity contribution in [1.29, 1.82) is 0 Å². The van der Waals surface area contributed by atoms with Gasteiger partial charge in [-0.2, -0.15) is 0 Å². The van der Waals surface area contributed by atoms with Gasteiger partial charge in [-0.1, -0.05) is 41.6 Å². The Morgan fingerprint density at radius 3 is 2.45 bits per heavy atom. The van der Waals surface area contributed by atoms with Gasteiger partial charge in [-0.15, -0.1) is 0 Å². The van der Waals surface area contributed by atoms with E-state index in [2.05, 4.69) is 10.5 Å². The number of oxime groups is 1.